The minimum absolute atomic E-state index is 0.178. The van der Waals surface area contributed by atoms with Crippen molar-refractivity contribution < 1.29 is 13.2 Å². The van der Waals surface area contributed by atoms with E-state index in [1.54, 1.807) is 30.6 Å². The summed E-state index contributed by atoms with van der Waals surface area (Å²) in [6, 6.07) is 10.1. The lowest BCUT2D eigenvalue weighted by atomic mass is 10.2. The maximum atomic E-state index is 12.7. The Morgan fingerprint density at radius 2 is 1.54 bits per heavy atom. The van der Waals surface area contributed by atoms with Gasteiger partial charge in [-0.05, 0) is 48.6 Å². The third-order valence-corrected chi connectivity index (χ3v) is 3.38. The van der Waals surface area contributed by atoms with Crippen molar-refractivity contribution in [3.8, 4) is 0 Å². The molecule has 0 aliphatic rings. The molecular formula is C16H11F3N4S. The summed E-state index contributed by atoms with van der Waals surface area (Å²) in [5, 5.41) is 5.83. The highest BCUT2D eigenvalue weighted by atomic mass is 32.1. The van der Waals surface area contributed by atoms with Crippen LogP contribution in [-0.4, -0.2) is 15.1 Å². The van der Waals surface area contributed by atoms with Gasteiger partial charge in [0.15, 0.2) is 5.11 Å². The first kappa shape index (κ1) is 16.1. The minimum Gasteiger partial charge on any atom is -0.332 e. The van der Waals surface area contributed by atoms with Gasteiger partial charge in [0.1, 0.15) is 0 Å². The molecule has 2 aromatic carbocycles. The maximum absolute atomic E-state index is 12.7. The van der Waals surface area contributed by atoms with Gasteiger partial charge in [-0.15, -0.1) is 0 Å². The highest BCUT2D eigenvalue weighted by molar-refractivity contribution is 7.80. The number of nitrogens with zero attached hydrogens (tertiary/aromatic N) is 2. The van der Waals surface area contributed by atoms with E-state index >= 15 is 0 Å². The maximum Gasteiger partial charge on any atom is 0.416 e. The lowest BCUT2D eigenvalue weighted by molar-refractivity contribution is -0.137. The highest BCUT2D eigenvalue weighted by Crippen LogP contribution is 2.30. The molecule has 0 aliphatic carbocycles. The van der Waals surface area contributed by atoms with Crippen molar-refractivity contribution in [2.24, 2.45) is 0 Å². The van der Waals surface area contributed by atoms with Crippen molar-refractivity contribution in [1.82, 2.24) is 9.97 Å². The Kier molecular flexibility index (Phi) is 4.30. The second kappa shape index (κ2) is 6.40. The highest BCUT2D eigenvalue weighted by Gasteiger charge is 2.30. The van der Waals surface area contributed by atoms with Crippen LogP contribution >= 0.6 is 12.2 Å². The molecule has 0 unspecified atom stereocenters. The molecule has 0 amide bonds. The molecular weight excluding hydrogens is 337 g/mol. The molecule has 0 bridgehead atoms. The molecule has 0 saturated heterocycles. The Morgan fingerprint density at radius 3 is 2.25 bits per heavy atom. The number of rotatable bonds is 2. The topological polar surface area (TPSA) is 49.8 Å². The largest absolute Gasteiger partial charge is 0.416 e. The van der Waals surface area contributed by atoms with Crippen molar-refractivity contribution >= 4 is 39.7 Å². The number of hydrogen-bond acceptors (Lipinski definition) is 3. The van der Waals surface area contributed by atoms with Crippen molar-refractivity contribution in [3.63, 3.8) is 0 Å². The quantitative estimate of drug-likeness (QED) is 0.670. The number of hydrogen-bond donors (Lipinski definition) is 2. The summed E-state index contributed by atoms with van der Waals surface area (Å²) in [6.07, 6.45) is -1.23. The van der Waals surface area contributed by atoms with Crippen LogP contribution in [0.4, 0.5) is 24.5 Å². The summed E-state index contributed by atoms with van der Waals surface area (Å²) in [7, 11) is 0. The summed E-state index contributed by atoms with van der Waals surface area (Å²) in [4.78, 5) is 8.34. The Balaban J connectivity index is 1.73. The average molecular weight is 348 g/mol. The lowest BCUT2D eigenvalue weighted by Gasteiger charge is -2.13. The average Bonchev–Trinajstić information content (AvgIpc) is 2.54. The number of thiocarbonyl (C=S) groups is 1. The van der Waals surface area contributed by atoms with Gasteiger partial charge in [-0.25, -0.2) is 0 Å². The SMILES string of the molecule is FC(F)(F)c1cccc(NC(=S)Nc2ccc3nccnc3c2)c1. The van der Waals surface area contributed by atoms with Crippen LogP contribution in [0.5, 0.6) is 0 Å². The van der Waals surface area contributed by atoms with Crippen LogP contribution in [0, 0.1) is 0 Å². The summed E-state index contributed by atoms with van der Waals surface area (Å²) < 4.78 is 38.1. The third-order valence-electron chi connectivity index (χ3n) is 3.17. The van der Waals surface area contributed by atoms with Crippen LogP contribution < -0.4 is 10.6 Å². The number of alkyl halides is 3. The zero-order valence-electron chi connectivity index (χ0n) is 12.1. The first-order valence-corrected chi connectivity index (χ1v) is 7.29. The summed E-state index contributed by atoms with van der Waals surface area (Å²) in [5.74, 6) is 0. The summed E-state index contributed by atoms with van der Waals surface area (Å²) in [6.45, 7) is 0. The van der Waals surface area contributed by atoms with Crippen LogP contribution in [0.3, 0.4) is 0 Å². The van der Waals surface area contributed by atoms with Crippen molar-refractivity contribution in [2.45, 2.75) is 6.18 Å². The summed E-state index contributed by atoms with van der Waals surface area (Å²) in [5.41, 5.74) is 1.59. The van der Waals surface area contributed by atoms with Crippen LogP contribution in [0.1, 0.15) is 5.56 Å². The standard InChI is InChI=1S/C16H11F3N4S/c17-16(18,19)10-2-1-3-11(8-10)22-15(24)23-12-4-5-13-14(9-12)21-7-6-20-13/h1-9H,(H2,22,23,24). The van der Waals surface area contributed by atoms with Crippen LogP contribution in [0.25, 0.3) is 11.0 Å². The molecule has 0 saturated carbocycles. The Labute approximate surface area is 140 Å². The first-order chi connectivity index (χ1) is 11.4. The number of fused-ring (bicyclic) bond motifs is 1. The smallest absolute Gasteiger partial charge is 0.332 e. The van der Waals surface area contributed by atoms with Gasteiger partial charge in [0.25, 0.3) is 0 Å². The third kappa shape index (κ3) is 3.77. The molecule has 3 aromatic rings. The normalized spacial score (nSPS) is 11.3. The molecule has 0 radical (unpaired) electrons. The van der Waals surface area contributed by atoms with E-state index in [4.69, 9.17) is 12.2 Å². The van der Waals surface area contributed by atoms with E-state index in [0.29, 0.717) is 11.2 Å². The van der Waals surface area contributed by atoms with E-state index in [1.807, 2.05) is 0 Å². The summed E-state index contributed by atoms with van der Waals surface area (Å²) >= 11 is 5.14. The molecule has 0 fully saturated rings. The molecule has 3 rings (SSSR count). The van der Waals surface area contributed by atoms with Gasteiger partial charge in [0.2, 0.25) is 0 Å². The van der Waals surface area contributed by atoms with Crippen LogP contribution in [0.2, 0.25) is 0 Å². The van der Waals surface area contributed by atoms with Crippen molar-refractivity contribution in [2.75, 3.05) is 10.6 Å². The molecule has 24 heavy (non-hydrogen) atoms. The monoisotopic (exact) mass is 348 g/mol. The Bertz CT molecular complexity index is 896. The number of nitrogens with one attached hydrogen (secondary N) is 2. The van der Waals surface area contributed by atoms with Gasteiger partial charge in [-0.1, -0.05) is 6.07 Å². The first-order valence-electron chi connectivity index (χ1n) is 6.88. The van der Waals surface area contributed by atoms with Gasteiger partial charge in [0, 0.05) is 23.8 Å². The molecule has 2 N–H and O–H groups in total. The number of benzene rings is 2. The minimum atomic E-state index is -4.40. The predicted octanol–water partition coefficient (Wildman–Crippen LogP) is 4.46. The van der Waals surface area contributed by atoms with Crippen molar-refractivity contribution in [3.05, 3.63) is 60.4 Å². The molecule has 0 aliphatic heterocycles. The van der Waals surface area contributed by atoms with Crippen molar-refractivity contribution in [1.29, 1.82) is 0 Å². The molecule has 1 aromatic heterocycles. The fraction of sp³-hybridized carbons (Fsp3) is 0.0625. The second-order valence-corrected chi connectivity index (χ2v) is 5.33. The number of halogens is 3. The Hall–Kier alpha value is -2.74. The zero-order chi connectivity index (χ0) is 17.2. The van der Waals surface area contributed by atoms with E-state index in [-0.39, 0.29) is 10.8 Å². The van der Waals surface area contributed by atoms with Gasteiger partial charge in [0.05, 0.1) is 16.6 Å². The van der Waals surface area contributed by atoms with E-state index in [2.05, 4.69) is 20.6 Å². The van der Waals surface area contributed by atoms with E-state index in [1.165, 1.54) is 12.1 Å². The predicted molar refractivity (Wildman–Crippen MR) is 90.8 cm³/mol. The van der Waals surface area contributed by atoms with Gasteiger partial charge in [-0.2, -0.15) is 13.2 Å². The molecule has 1 heterocycles. The van der Waals surface area contributed by atoms with Crippen LogP contribution in [-0.2, 0) is 6.18 Å². The molecule has 4 nitrogen and oxygen atoms in total. The fourth-order valence-electron chi connectivity index (χ4n) is 2.11. The zero-order valence-corrected chi connectivity index (χ0v) is 12.9. The number of anilines is 2. The molecule has 0 spiro atoms. The molecule has 0 atom stereocenters. The van der Waals surface area contributed by atoms with Gasteiger partial charge >= 0.3 is 6.18 Å². The fourth-order valence-corrected chi connectivity index (χ4v) is 2.34. The molecule has 8 heteroatoms. The second-order valence-electron chi connectivity index (χ2n) is 4.92. The molecule has 122 valence electrons. The number of aromatic nitrogens is 2. The van der Waals surface area contributed by atoms with E-state index in [0.717, 1.165) is 17.6 Å². The Morgan fingerprint density at radius 1 is 0.875 bits per heavy atom. The van der Waals surface area contributed by atoms with Gasteiger partial charge < -0.3 is 10.6 Å². The van der Waals surface area contributed by atoms with E-state index in [9.17, 15) is 13.2 Å². The van der Waals surface area contributed by atoms with Crippen LogP contribution in [0.15, 0.2) is 54.9 Å². The lowest BCUT2D eigenvalue weighted by Crippen LogP contribution is -2.19. The van der Waals surface area contributed by atoms with Gasteiger partial charge in [-0.3, -0.25) is 9.97 Å². The van der Waals surface area contributed by atoms with E-state index < -0.39 is 11.7 Å².